The predicted molar refractivity (Wildman–Crippen MR) is 73.0 cm³/mol. The molecular weight excluding hydrogens is 305 g/mol. The molecule has 108 valence electrons. The lowest BCUT2D eigenvalue weighted by atomic mass is 10.1. The first kappa shape index (κ1) is 13.6. The Kier molecular flexibility index (Phi) is 2.98. The number of nitrogens with one attached hydrogen (secondary N) is 1. The maximum atomic E-state index is 12.7. The number of benzene rings is 1. The third-order valence-electron chi connectivity index (χ3n) is 2.95. The van der Waals surface area contributed by atoms with Gasteiger partial charge in [0.15, 0.2) is 0 Å². The average molecular weight is 312 g/mol. The Morgan fingerprint density at radius 3 is 2.52 bits per heavy atom. The highest BCUT2D eigenvalue weighted by Gasteiger charge is 2.31. The molecule has 21 heavy (non-hydrogen) atoms. The van der Waals surface area contributed by atoms with Gasteiger partial charge < -0.3 is 4.98 Å². The molecule has 0 atom stereocenters. The van der Waals surface area contributed by atoms with Crippen LogP contribution in [0.3, 0.4) is 0 Å². The normalized spacial score (nSPS) is 12.0. The van der Waals surface area contributed by atoms with E-state index in [4.69, 9.17) is 0 Å². The van der Waals surface area contributed by atoms with Crippen molar-refractivity contribution in [1.29, 1.82) is 0 Å². The highest BCUT2D eigenvalue weighted by atomic mass is 32.1. The maximum absolute atomic E-state index is 12.7. The first-order chi connectivity index (χ1) is 9.88. The second kappa shape index (κ2) is 4.59. The number of hydrogen-bond acceptors (Lipinski definition) is 3. The monoisotopic (exact) mass is 312 g/mol. The fraction of sp³-hybridized carbons (Fsp3) is 0.0769. The van der Waals surface area contributed by atoms with Gasteiger partial charge >= 0.3 is 11.9 Å². The number of alkyl halides is 3. The van der Waals surface area contributed by atoms with E-state index in [2.05, 4.69) is 4.98 Å². The highest BCUT2D eigenvalue weighted by Crippen LogP contribution is 2.30. The Morgan fingerprint density at radius 1 is 1.14 bits per heavy atom. The van der Waals surface area contributed by atoms with Gasteiger partial charge in [0.05, 0.1) is 16.5 Å². The van der Waals surface area contributed by atoms with E-state index in [1.54, 1.807) is 17.5 Å². The van der Waals surface area contributed by atoms with Crippen LogP contribution in [0.1, 0.15) is 5.56 Å². The molecule has 0 saturated carbocycles. The van der Waals surface area contributed by atoms with Crippen LogP contribution in [0.4, 0.5) is 13.2 Å². The van der Waals surface area contributed by atoms with Gasteiger partial charge in [0, 0.05) is 0 Å². The van der Waals surface area contributed by atoms with Crippen LogP contribution in [0.15, 0.2) is 45.3 Å². The number of rotatable bonds is 1. The summed E-state index contributed by atoms with van der Waals surface area (Å²) in [6, 6.07) is 5.84. The van der Waals surface area contributed by atoms with Gasteiger partial charge in [-0.15, -0.1) is 11.3 Å². The number of nitrogens with zero attached hydrogens (tertiary/aromatic N) is 1. The van der Waals surface area contributed by atoms with Gasteiger partial charge in [-0.25, -0.2) is 9.36 Å². The molecule has 1 aromatic carbocycles. The van der Waals surface area contributed by atoms with Crippen LogP contribution in [-0.2, 0) is 6.18 Å². The number of halogens is 3. The van der Waals surface area contributed by atoms with Gasteiger partial charge in [-0.1, -0.05) is 0 Å². The summed E-state index contributed by atoms with van der Waals surface area (Å²) >= 11 is 1.14. The topological polar surface area (TPSA) is 54.9 Å². The minimum atomic E-state index is -4.55. The Morgan fingerprint density at radius 2 is 1.90 bits per heavy atom. The number of fused-ring (bicyclic) bond motifs is 1. The summed E-state index contributed by atoms with van der Waals surface area (Å²) in [5.41, 5.74) is -2.32. The van der Waals surface area contributed by atoms with Crippen molar-refractivity contribution < 1.29 is 13.2 Å². The van der Waals surface area contributed by atoms with Crippen molar-refractivity contribution in [3.8, 4) is 5.00 Å². The maximum Gasteiger partial charge on any atom is 0.416 e. The SMILES string of the molecule is O=c1[nH]c2ccc(C(F)(F)F)cc2c(=O)n1-c1cccs1. The van der Waals surface area contributed by atoms with Gasteiger partial charge in [0.2, 0.25) is 0 Å². The van der Waals surface area contributed by atoms with Crippen LogP contribution in [0.2, 0.25) is 0 Å². The Balaban J connectivity index is 2.38. The van der Waals surface area contributed by atoms with E-state index in [0.29, 0.717) is 5.00 Å². The van der Waals surface area contributed by atoms with Crippen molar-refractivity contribution in [1.82, 2.24) is 9.55 Å². The zero-order valence-corrected chi connectivity index (χ0v) is 11.1. The molecule has 1 N–H and O–H groups in total. The summed E-state index contributed by atoms with van der Waals surface area (Å²) in [6.45, 7) is 0. The van der Waals surface area contributed by atoms with E-state index in [1.807, 2.05) is 0 Å². The van der Waals surface area contributed by atoms with E-state index in [9.17, 15) is 22.8 Å². The molecule has 0 aliphatic carbocycles. The number of aromatic amines is 1. The van der Waals surface area contributed by atoms with Crippen LogP contribution < -0.4 is 11.2 Å². The summed E-state index contributed by atoms with van der Waals surface area (Å²) in [5, 5.41) is 1.83. The molecule has 0 fully saturated rings. The molecule has 3 rings (SSSR count). The second-order valence-electron chi connectivity index (χ2n) is 4.28. The van der Waals surface area contributed by atoms with E-state index >= 15 is 0 Å². The van der Waals surface area contributed by atoms with Crippen molar-refractivity contribution in [2.75, 3.05) is 0 Å². The van der Waals surface area contributed by atoms with Crippen LogP contribution >= 0.6 is 11.3 Å². The zero-order chi connectivity index (χ0) is 15.2. The Labute approximate surface area is 119 Å². The third kappa shape index (κ3) is 2.27. The van der Waals surface area contributed by atoms with E-state index in [0.717, 1.165) is 34.1 Å². The summed E-state index contributed by atoms with van der Waals surface area (Å²) in [7, 11) is 0. The number of hydrogen-bond donors (Lipinski definition) is 1. The molecule has 0 aliphatic heterocycles. The fourth-order valence-corrected chi connectivity index (χ4v) is 2.71. The molecule has 2 aromatic heterocycles. The third-order valence-corrected chi connectivity index (χ3v) is 3.80. The quantitative estimate of drug-likeness (QED) is 0.751. The molecule has 8 heteroatoms. The first-order valence-corrected chi connectivity index (χ1v) is 6.66. The van der Waals surface area contributed by atoms with Crippen molar-refractivity contribution in [3.63, 3.8) is 0 Å². The standard InChI is InChI=1S/C13H7F3N2O2S/c14-13(15,16)7-3-4-9-8(6-7)11(19)18(12(20)17-9)10-2-1-5-21-10/h1-6H,(H,17,20). The molecule has 0 radical (unpaired) electrons. The number of H-pyrrole nitrogens is 1. The molecule has 0 unspecified atom stereocenters. The molecule has 4 nitrogen and oxygen atoms in total. The molecule has 0 amide bonds. The van der Waals surface area contributed by atoms with Gasteiger partial charge in [-0.2, -0.15) is 13.2 Å². The lowest BCUT2D eigenvalue weighted by molar-refractivity contribution is -0.137. The Hall–Kier alpha value is -2.35. The van der Waals surface area contributed by atoms with Crippen LogP contribution in [0.25, 0.3) is 15.9 Å². The summed E-state index contributed by atoms with van der Waals surface area (Å²) < 4.78 is 39.0. The van der Waals surface area contributed by atoms with Crippen LogP contribution in [-0.4, -0.2) is 9.55 Å². The fourth-order valence-electron chi connectivity index (χ4n) is 1.99. The van der Waals surface area contributed by atoms with Crippen molar-refractivity contribution >= 4 is 22.2 Å². The van der Waals surface area contributed by atoms with Gasteiger partial charge in [-0.3, -0.25) is 4.79 Å². The van der Waals surface area contributed by atoms with Crippen LogP contribution in [0.5, 0.6) is 0 Å². The number of thiophene rings is 1. The molecule has 0 saturated heterocycles. The van der Waals surface area contributed by atoms with Crippen molar-refractivity contribution in [2.45, 2.75) is 6.18 Å². The summed E-state index contributed by atoms with van der Waals surface area (Å²) in [4.78, 5) is 26.6. The van der Waals surface area contributed by atoms with E-state index in [-0.39, 0.29) is 10.9 Å². The van der Waals surface area contributed by atoms with Crippen molar-refractivity contribution in [2.24, 2.45) is 0 Å². The molecule has 0 bridgehead atoms. The summed E-state index contributed by atoms with van der Waals surface area (Å²) in [6.07, 6.45) is -4.55. The minimum absolute atomic E-state index is 0.0748. The van der Waals surface area contributed by atoms with E-state index in [1.165, 1.54) is 0 Å². The number of aromatic nitrogens is 2. The molecule has 0 spiro atoms. The lowest BCUT2D eigenvalue weighted by Gasteiger charge is -2.08. The predicted octanol–water partition coefficient (Wildman–Crippen LogP) is 2.76. The smallest absolute Gasteiger partial charge is 0.306 e. The highest BCUT2D eigenvalue weighted by molar-refractivity contribution is 7.12. The summed E-state index contributed by atoms with van der Waals surface area (Å²) in [5.74, 6) is 0. The minimum Gasteiger partial charge on any atom is -0.306 e. The average Bonchev–Trinajstić information content (AvgIpc) is 2.91. The zero-order valence-electron chi connectivity index (χ0n) is 10.3. The molecule has 0 aliphatic rings. The second-order valence-corrected chi connectivity index (χ2v) is 5.21. The molecular formula is C13H7F3N2O2S. The van der Waals surface area contributed by atoms with Gasteiger partial charge in [0.25, 0.3) is 5.56 Å². The van der Waals surface area contributed by atoms with E-state index < -0.39 is 23.0 Å². The van der Waals surface area contributed by atoms with Gasteiger partial charge in [-0.05, 0) is 35.7 Å². The van der Waals surface area contributed by atoms with Crippen LogP contribution in [0, 0.1) is 0 Å². The largest absolute Gasteiger partial charge is 0.416 e. The molecule has 3 aromatic rings. The van der Waals surface area contributed by atoms with Gasteiger partial charge in [0.1, 0.15) is 5.00 Å². The Bertz CT molecular complexity index is 923. The lowest BCUT2D eigenvalue weighted by Crippen LogP contribution is -2.33. The van der Waals surface area contributed by atoms with Crippen molar-refractivity contribution in [3.05, 3.63) is 62.1 Å². The molecule has 2 heterocycles. The first-order valence-electron chi connectivity index (χ1n) is 5.78.